The molecule has 0 saturated carbocycles. The lowest BCUT2D eigenvalue weighted by molar-refractivity contribution is 0.0599. The predicted molar refractivity (Wildman–Crippen MR) is 55.1 cm³/mol. The maximum Gasteiger partial charge on any atom is 0.341 e. The van der Waals surface area contributed by atoms with Crippen LogP contribution in [0, 0.1) is 0 Å². The number of aromatic nitrogens is 1. The Kier molecular flexibility index (Phi) is 4.44. The molecule has 1 rings (SSSR count). The molecule has 0 radical (unpaired) electrons. The molecular formula is C9H7Cl2F2NO2. The number of carbonyl (C=O) groups is 1. The molecule has 0 bridgehead atoms. The fourth-order valence-corrected chi connectivity index (χ4v) is 1.62. The third-order valence-electron chi connectivity index (χ3n) is 1.87. The molecule has 1 aromatic rings. The number of hydrogen-bond acceptors (Lipinski definition) is 3. The zero-order chi connectivity index (χ0) is 12.3. The highest BCUT2D eigenvalue weighted by Crippen LogP contribution is 2.31. The van der Waals surface area contributed by atoms with Gasteiger partial charge in [-0.3, -0.25) is 4.98 Å². The number of rotatable bonds is 3. The van der Waals surface area contributed by atoms with E-state index in [2.05, 4.69) is 9.72 Å². The van der Waals surface area contributed by atoms with Crippen LogP contribution >= 0.6 is 23.2 Å². The van der Waals surface area contributed by atoms with Gasteiger partial charge >= 0.3 is 5.97 Å². The second kappa shape index (κ2) is 5.41. The zero-order valence-electron chi connectivity index (χ0n) is 8.14. The number of nitrogens with zero attached hydrogens (tertiary/aromatic N) is 1. The molecule has 88 valence electrons. The Morgan fingerprint density at radius 2 is 2.25 bits per heavy atom. The molecule has 0 aliphatic rings. The topological polar surface area (TPSA) is 39.2 Å². The fraction of sp³-hybridized carbons (Fsp3) is 0.333. The first-order valence-corrected chi connectivity index (χ1v) is 5.03. The van der Waals surface area contributed by atoms with E-state index in [0.29, 0.717) is 0 Å². The second-order valence-electron chi connectivity index (χ2n) is 2.78. The highest BCUT2D eigenvalue weighted by Gasteiger charge is 2.23. The van der Waals surface area contributed by atoms with Crippen molar-refractivity contribution < 1.29 is 18.3 Å². The fourth-order valence-electron chi connectivity index (χ4n) is 1.10. The molecule has 0 aliphatic heterocycles. The van der Waals surface area contributed by atoms with Crippen molar-refractivity contribution in [1.82, 2.24) is 4.98 Å². The summed E-state index contributed by atoms with van der Waals surface area (Å²) in [6.45, 7) is 0. The Bertz CT molecular complexity index is 413. The van der Waals surface area contributed by atoms with Gasteiger partial charge < -0.3 is 4.74 Å². The third kappa shape index (κ3) is 2.41. The van der Waals surface area contributed by atoms with Crippen LogP contribution in [0.1, 0.15) is 28.0 Å². The number of hydrogen-bond donors (Lipinski definition) is 0. The van der Waals surface area contributed by atoms with Gasteiger partial charge in [0.2, 0.25) is 0 Å². The number of esters is 1. The average Bonchev–Trinajstić information content (AvgIpc) is 2.26. The van der Waals surface area contributed by atoms with E-state index < -0.39 is 18.0 Å². The van der Waals surface area contributed by atoms with Crippen LogP contribution < -0.4 is 0 Å². The summed E-state index contributed by atoms with van der Waals surface area (Å²) in [6, 6.07) is 0. The normalized spacial score (nSPS) is 10.6. The summed E-state index contributed by atoms with van der Waals surface area (Å²) in [6.07, 6.45) is -1.91. The van der Waals surface area contributed by atoms with E-state index in [9.17, 15) is 13.6 Å². The Morgan fingerprint density at radius 3 is 2.69 bits per heavy atom. The molecule has 0 unspecified atom stereocenters. The number of carbonyl (C=O) groups excluding carboxylic acids is 1. The lowest BCUT2D eigenvalue weighted by Gasteiger charge is -2.10. The first-order chi connectivity index (χ1) is 7.52. The van der Waals surface area contributed by atoms with Crippen molar-refractivity contribution in [3.63, 3.8) is 0 Å². The van der Waals surface area contributed by atoms with E-state index in [4.69, 9.17) is 23.2 Å². The minimum atomic E-state index is -2.81. The summed E-state index contributed by atoms with van der Waals surface area (Å²) in [4.78, 5) is 15.0. The van der Waals surface area contributed by atoms with Gasteiger partial charge in [-0.05, 0) is 0 Å². The van der Waals surface area contributed by atoms with Crippen LogP contribution in [-0.4, -0.2) is 18.1 Å². The van der Waals surface area contributed by atoms with Gasteiger partial charge in [0.25, 0.3) is 6.43 Å². The van der Waals surface area contributed by atoms with Crippen LogP contribution in [-0.2, 0) is 10.6 Å². The van der Waals surface area contributed by atoms with Gasteiger partial charge in [-0.25, -0.2) is 13.6 Å². The average molecular weight is 270 g/mol. The van der Waals surface area contributed by atoms with E-state index in [-0.39, 0.29) is 22.2 Å². The molecule has 0 atom stereocenters. The molecular weight excluding hydrogens is 263 g/mol. The minimum Gasteiger partial charge on any atom is -0.465 e. The lowest BCUT2D eigenvalue weighted by Crippen LogP contribution is -2.09. The van der Waals surface area contributed by atoms with E-state index >= 15 is 0 Å². The maximum atomic E-state index is 12.5. The first kappa shape index (κ1) is 13.1. The van der Waals surface area contributed by atoms with Crippen LogP contribution in [0.5, 0.6) is 0 Å². The third-order valence-corrected chi connectivity index (χ3v) is 2.53. The molecule has 0 fully saturated rings. The SMILES string of the molecule is COC(=O)c1c(CCl)ncc(C(F)F)c1Cl. The Balaban J connectivity index is 3.40. The summed E-state index contributed by atoms with van der Waals surface area (Å²) in [5.74, 6) is -0.955. The van der Waals surface area contributed by atoms with Gasteiger partial charge in [0, 0.05) is 6.20 Å². The van der Waals surface area contributed by atoms with Gasteiger partial charge in [-0.1, -0.05) is 11.6 Å². The van der Waals surface area contributed by atoms with Crippen LogP contribution in [0.2, 0.25) is 5.02 Å². The summed E-state index contributed by atoms with van der Waals surface area (Å²) in [7, 11) is 1.12. The van der Waals surface area contributed by atoms with Crippen LogP contribution in [0.15, 0.2) is 6.20 Å². The van der Waals surface area contributed by atoms with Crippen molar-refractivity contribution >= 4 is 29.2 Å². The van der Waals surface area contributed by atoms with Crippen molar-refractivity contribution in [3.8, 4) is 0 Å². The van der Waals surface area contributed by atoms with Gasteiger partial charge in [0.15, 0.2) is 0 Å². The smallest absolute Gasteiger partial charge is 0.341 e. The molecule has 16 heavy (non-hydrogen) atoms. The monoisotopic (exact) mass is 269 g/mol. The summed E-state index contributed by atoms with van der Waals surface area (Å²) in [5, 5.41) is -0.368. The minimum absolute atomic E-state index is 0.114. The van der Waals surface area contributed by atoms with Crippen molar-refractivity contribution in [2.24, 2.45) is 0 Å². The quantitative estimate of drug-likeness (QED) is 0.625. The summed E-state index contributed by atoms with van der Waals surface area (Å²) < 4.78 is 29.4. The highest BCUT2D eigenvalue weighted by molar-refractivity contribution is 6.34. The Labute approximate surface area is 100 Å². The first-order valence-electron chi connectivity index (χ1n) is 4.12. The standard InChI is InChI=1S/C9H7Cl2F2NO2/c1-16-9(15)6-5(2-10)14-3-4(7(6)11)8(12)13/h3,8H,2H2,1H3. The number of methoxy groups -OCH3 is 1. The van der Waals surface area contributed by atoms with E-state index in [1.807, 2.05) is 0 Å². The molecule has 0 spiro atoms. The van der Waals surface area contributed by atoms with Crippen LogP contribution in [0.3, 0.4) is 0 Å². The molecule has 3 nitrogen and oxygen atoms in total. The molecule has 1 heterocycles. The molecule has 0 aromatic carbocycles. The number of pyridine rings is 1. The van der Waals surface area contributed by atoms with Gasteiger partial charge in [-0.2, -0.15) is 0 Å². The Morgan fingerprint density at radius 1 is 1.62 bits per heavy atom. The van der Waals surface area contributed by atoms with Crippen molar-refractivity contribution in [1.29, 1.82) is 0 Å². The van der Waals surface area contributed by atoms with Gasteiger partial charge in [0.1, 0.15) is 5.56 Å². The zero-order valence-corrected chi connectivity index (χ0v) is 9.65. The lowest BCUT2D eigenvalue weighted by atomic mass is 10.1. The number of alkyl halides is 3. The van der Waals surface area contributed by atoms with Crippen LogP contribution in [0.4, 0.5) is 8.78 Å². The van der Waals surface area contributed by atoms with E-state index in [1.165, 1.54) is 0 Å². The molecule has 0 saturated heterocycles. The van der Waals surface area contributed by atoms with Gasteiger partial charge in [-0.15, -0.1) is 11.6 Å². The largest absolute Gasteiger partial charge is 0.465 e. The van der Waals surface area contributed by atoms with Crippen LogP contribution in [0.25, 0.3) is 0 Å². The highest BCUT2D eigenvalue weighted by atomic mass is 35.5. The molecule has 0 N–H and O–H groups in total. The van der Waals surface area contributed by atoms with E-state index in [1.54, 1.807) is 0 Å². The maximum absolute atomic E-state index is 12.5. The van der Waals surface area contributed by atoms with Crippen molar-refractivity contribution in [2.45, 2.75) is 12.3 Å². The molecule has 7 heteroatoms. The molecule has 0 aliphatic carbocycles. The second-order valence-corrected chi connectivity index (χ2v) is 3.42. The predicted octanol–water partition coefficient (Wildman–Crippen LogP) is 3.20. The van der Waals surface area contributed by atoms with Crippen molar-refractivity contribution in [3.05, 3.63) is 28.0 Å². The Hall–Kier alpha value is -0.940. The van der Waals surface area contributed by atoms with Gasteiger partial charge in [0.05, 0.1) is 29.3 Å². The number of ether oxygens (including phenoxy) is 1. The van der Waals surface area contributed by atoms with Crippen molar-refractivity contribution in [2.75, 3.05) is 7.11 Å². The van der Waals surface area contributed by atoms with E-state index in [0.717, 1.165) is 13.3 Å². The molecule has 1 aromatic heterocycles. The molecule has 0 amide bonds. The number of halogens is 4. The summed E-state index contributed by atoms with van der Waals surface area (Å²) in [5.41, 5.74) is -0.615. The summed E-state index contributed by atoms with van der Waals surface area (Å²) >= 11 is 11.2.